The SMILES string of the molecule is O=[N+]([O-])c1ccc(SC(Sc2ccc([N+](=O)[O-])cc2)[C@H]2OC[C@@H](O)[C@@H](O)[C@H]2O)cc1. The molecule has 0 unspecified atom stereocenters. The minimum atomic E-state index is -1.39. The minimum Gasteiger partial charge on any atom is -0.388 e. The van der Waals surface area contributed by atoms with Gasteiger partial charge in [0.15, 0.2) is 0 Å². The number of aliphatic hydroxyl groups is 3. The van der Waals surface area contributed by atoms with Crippen LogP contribution in [0.15, 0.2) is 58.3 Å². The van der Waals surface area contributed by atoms with E-state index in [4.69, 9.17) is 4.74 Å². The summed E-state index contributed by atoms with van der Waals surface area (Å²) in [6, 6.07) is 11.7. The standard InChI is InChI=1S/C18H18N2O8S2/c21-14-9-28-17(16(23)15(14)22)18(29-12-5-1-10(2-6-12)19(24)25)30-13-7-3-11(4-8-13)20(26)27/h1-8,14-18,21-23H,9H2/t14-,15-,16-,17+/m1/s1. The van der Waals surface area contributed by atoms with E-state index in [-0.39, 0.29) is 18.0 Å². The number of thioether (sulfide) groups is 2. The predicted octanol–water partition coefficient (Wildman–Crippen LogP) is 2.20. The van der Waals surface area contributed by atoms with Crippen LogP contribution < -0.4 is 0 Å². The fourth-order valence-corrected chi connectivity index (χ4v) is 5.52. The van der Waals surface area contributed by atoms with Gasteiger partial charge in [-0.05, 0) is 24.3 Å². The molecule has 10 nitrogen and oxygen atoms in total. The van der Waals surface area contributed by atoms with Crippen LogP contribution in [0.1, 0.15) is 0 Å². The van der Waals surface area contributed by atoms with Crippen molar-refractivity contribution in [1.82, 2.24) is 0 Å². The molecule has 3 rings (SSSR count). The van der Waals surface area contributed by atoms with Crippen molar-refractivity contribution in [1.29, 1.82) is 0 Å². The number of nitrogens with zero attached hydrogens (tertiary/aromatic N) is 2. The van der Waals surface area contributed by atoms with E-state index in [1.165, 1.54) is 47.8 Å². The molecule has 12 heteroatoms. The van der Waals surface area contributed by atoms with Crippen molar-refractivity contribution in [2.24, 2.45) is 0 Å². The van der Waals surface area contributed by atoms with Crippen LogP contribution in [0.4, 0.5) is 11.4 Å². The van der Waals surface area contributed by atoms with Gasteiger partial charge in [-0.3, -0.25) is 20.2 Å². The Hall–Kier alpha value is -2.22. The number of rotatable bonds is 7. The second-order valence-corrected chi connectivity index (χ2v) is 9.18. The molecule has 0 spiro atoms. The Kier molecular flexibility index (Phi) is 7.28. The van der Waals surface area contributed by atoms with Crippen molar-refractivity contribution in [3.8, 4) is 0 Å². The Labute approximate surface area is 179 Å². The maximum atomic E-state index is 10.9. The van der Waals surface area contributed by atoms with Crippen LogP contribution in [0.2, 0.25) is 0 Å². The van der Waals surface area contributed by atoms with Gasteiger partial charge in [-0.25, -0.2) is 0 Å². The van der Waals surface area contributed by atoms with Crippen molar-refractivity contribution >= 4 is 34.9 Å². The van der Waals surface area contributed by atoms with Gasteiger partial charge < -0.3 is 20.1 Å². The van der Waals surface area contributed by atoms with Gasteiger partial charge in [0.25, 0.3) is 11.4 Å². The minimum absolute atomic E-state index is 0.0635. The van der Waals surface area contributed by atoms with Gasteiger partial charge in [0, 0.05) is 34.1 Å². The molecule has 3 N–H and O–H groups in total. The van der Waals surface area contributed by atoms with Gasteiger partial charge in [0.1, 0.15) is 24.4 Å². The van der Waals surface area contributed by atoms with Crippen LogP contribution in [0.25, 0.3) is 0 Å². The molecule has 4 atom stereocenters. The molecule has 0 amide bonds. The molecule has 1 heterocycles. The second kappa shape index (κ2) is 9.73. The van der Waals surface area contributed by atoms with Gasteiger partial charge in [-0.2, -0.15) is 0 Å². The molecule has 30 heavy (non-hydrogen) atoms. The van der Waals surface area contributed by atoms with E-state index in [1.807, 2.05) is 0 Å². The monoisotopic (exact) mass is 454 g/mol. The maximum Gasteiger partial charge on any atom is 0.269 e. The summed E-state index contributed by atoms with van der Waals surface area (Å²) in [4.78, 5) is 22.0. The molecular weight excluding hydrogens is 436 g/mol. The normalized spacial score (nSPS) is 24.0. The summed E-state index contributed by atoms with van der Waals surface area (Å²) < 4.78 is 5.06. The molecule has 0 aromatic heterocycles. The summed E-state index contributed by atoms with van der Waals surface area (Å²) in [7, 11) is 0. The van der Waals surface area contributed by atoms with E-state index in [1.54, 1.807) is 24.3 Å². The lowest BCUT2D eigenvalue weighted by molar-refractivity contribution is -0.385. The van der Waals surface area contributed by atoms with Crippen LogP contribution in [-0.2, 0) is 4.74 Å². The highest BCUT2D eigenvalue weighted by atomic mass is 32.2. The second-order valence-electron chi connectivity index (χ2n) is 6.45. The summed E-state index contributed by atoms with van der Waals surface area (Å²) in [6.45, 7) is -0.166. The zero-order valence-corrected chi connectivity index (χ0v) is 16.9. The molecule has 1 aliphatic heterocycles. The number of nitro groups is 2. The molecular formula is C18H18N2O8S2. The van der Waals surface area contributed by atoms with E-state index in [0.29, 0.717) is 9.79 Å². The smallest absolute Gasteiger partial charge is 0.269 e. The zero-order chi connectivity index (χ0) is 21.8. The number of benzene rings is 2. The first kappa shape index (κ1) is 22.5. The average Bonchev–Trinajstić information content (AvgIpc) is 2.72. The van der Waals surface area contributed by atoms with E-state index in [0.717, 1.165) is 0 Å². The Morgan fingerprint density at radius 1 is 0.833 bits per heavy atom. The third-order valence-corrected chi connectivity index (χ3v) is 7.08. The number of ether oxygens (including phenoxy) is 1. The van der Waals surface area contributed by atoms with E-state index in [9.17, 15) is 35.5 Å². The fraction of sp³-hybridized carbons (Fsp3) is 0.333. The van der Waals surface area contributed by atoms with Crippen LogP contribution in [0, 0.1) is 20.2 Å². The number of non-ortho nitro benzene ring substituents is 2. The van der Waals surface area contributed by atoms with Gasteiger partial charge >= 0.3 is 0 Å². The summed E-state index contributed by atoms with van der Waals surface area (Å²) in [5, 5.41) is 51.9. The van der Waals surface area contributed by atoms with Crippen LogP contribution >= 0.6 is 23.5 Å². The zero-order valence-electron chi connectivity index (χ0n) is 15.3. The van der Waals surface area contributed by atoms with Crippen molar-refractivity contribution in [2.75, 3.05) is 6.61 Å². The lowest BCUT2D eigenvalue weighted by atomic mass is 10.0. The maximum absolute atomic E-state index is 10.9. The highest BCUT2D eigenvalue weighted by molar-refractivity contribution is 8.17. The van der Waals surface area contributed by atoms with Gasteiger partial charge in [-0.1, -0.05) is 0 Å². The Morgan fingerprint density at radius 2 is 1.27 bits per heavy atom. The average molecular weight is 454 g/mol. The molecule has 160 valence electrons. The van der Waals surface area contributed by atoms with Crippen molar-refractivity contribution < 1.29 is 29.9 Å². The van der Waals surface area contributed by atoms with Gasteiger partial charge in [-0.15, -0.1) is 23.5 Å². The molecule has 0 saturated carbocycles. The molecule has 1 aliphatic rings. The summed E-state index contributed by atoms with van der Waals surface area (Å²) >= 11 is 2.51. The summed E-state index contributed by atoms with van der Waals surface area (Å²) in [5.74, 6) is 0. The highest BCUT2D eigenvalue weighted by Crippen LogP contribution is 2.41. The molecule has 0 radical (unpaired) electrons. The van der Waals surface area contributed by atoms with Crippen molar-refractivity contribution in [3.05, 3.63) is 68.8 Å². The molecule has 2 aromatic carbocycles. The lowest BCUT2D eigenvalue weighted by Gasteiger charge is -2.38. The summed E-state index contributed by atoms with van der Waals surface area (Å²) in [5.41, 5.74) is -0.127. The Bertz CT molecular complexity index is 837. The van der Waals surface area contributed by atoms with Crippen LogP contribution in [0.5, 0.6) is 0 Å². The van der Waals surface area contributed by atoms with E-state index in [2.05, 4.69) is 0 Å². The molecule has 0 bridgehead atoms. The van der Waals surface area contributed by atoms with Gasteiger partial charge in [0.05, 0.1) is 21.0 Å². The number of hydrogen-bond donors (Lipinski definition) is 3. The first-order chi connectivity index (χ1) is 14.3. The number of hydrogen-bond acceptors (Lipinski definition) is 10. The molecule has 2 aromatic rings. The Morgan fingerprint density at radius 3 is 1.67 bits per heavy atom. The highest BCUT2D eigenvalue weighted by Gasteiger charge is 2.42. The predicted molar refractivity (Wildman–Crippen MR) is 109 cm³/mol. The molecule has 0 aliphatic carbocycles. The van der Waals surface area contributed by atoms with Crippen LogP contribution in [-0.4, -0.2) is 60.8 Å². The van der Waals surface area contributed by atoms with Gasteiger partial charge in [0.2, 0.25) is 0 Å². The van der Waals surface area contributed by atoms with E-state index >= 15 is 0 Å². The van der Waals surface area contributed by atoms with Crippen molar-refractivity contribution in [3.63, 3.8) is 0 Å². The topological polar surface area (TPSA) is 156 Å². The third-order valence-electron chi connectivity index (χ3n) is 4.41. The first-order valence-corrected chi connectivity index (χ1v) is 10.5. The van der Waals surface area contributed by atoms with Crippen molar-refractivity contribution in [2.45, 2.75) is 38.8 Å². The third kappa shape index (κ3) is 5.28. The van der Waals surface area contributed by atoms with Crippen LogP contribution in [0.3, 0.4) is 0 Å². The lowest BCUT2D eigenvalue weighted by Crippen LogP contribution is -2.55. The number of nitro benzene ring substituents is 2. The fourth-order valence-electron chi connectivity index (χ4n) is 2.79. The number of aliphatic hydroxyl groups excluding tert-OH is 3. The Balaban J connectivity index is 1.84. The molecule has 1 saturated heterocycles. The molecule has 1 fully saturated rings. The quantitative estimate of drug-likeness (QED) is 0.245. The van der Waals surface area contributed by atoms with E-state index < -0.39 is 38.8 Å². The summed E-state index contributed by atoms with van der Waals surface area (Å²) in [6.07, 6.45) is -4.84. The first-order valence-electron chi connectivity index (χ1n) is 8.74. The largest absolute Gasteiger partial charge is 0.388 e.